The largest absolute Gasteiger partial charge is 0.369 e. The second-order valence-corrected chi connectivity index (χ2v) is 5.03. The summed E-state index contributed by atoms with van der Waals surface area (Å²) < 4.78 is 13.9. The van der Waals surface area contributed by atoms with Crippen molar-refractivity contribution in [2.24, 2.45) is 5.92 Å². The van der Waals surface area contributed by atoms with Gasteiger partial charge in [-0.2, -0.15) is 0 Å². The predicted octanol–water partition coefficient (Wildman–Crippen LogP) is 4.19. The molecule has 0 radical (unpaired) electrons. The third-order valence-corrected chi connectivity index (χ3v) is 4.01. The van der Waals surface area contributed by atoms with Crippen molar-refractivity contribution in [3.05, 3.63) is 29.6 Å². The van der Waals surface area contributed by atoms with Crippen LogP contribution in [0.4, 0.5) is 10.1 Å². The predicted molar refractivity (Wildman–Crippen MR) is 71.2 cm³/mol. The van der Waals surface area contributed by atoms with Gasteiger partial charge >= 0.3 is 0 Å². The van der Waals surface area contributed by atoms with Crippen LogP contribution in [-0.2, 0) is 5.88 Å². The van der Waals surface area contributed by atoms with E-state index < -0.39 is 0 Å². The first-order valence-electron chi connectivity index (χ1n) is 6.34. The van der Waals surface area contributed by atoms with Crippen molar-refractivity contribution in [3.63, 3.8) is 0 Å². The topological polar surface area (TPSA) is 3.24 Å². The van der Waals surface area contributed by atoms with Gasteiger partial charge in [-0.15, -0.1) is 11.6 Å². The zero-order valence-corrected chi connectivity index (χ0v) is 11.0. The molecule has 94 valence electrons. The van der Waals surface area contributed by atoms with Crippen molar-refractivity contribution >= 4 is 17.3 Å². The lowest BCUT2D eigenvalue weighted by Gasteiger charge is -2.33. The number of hydrogen-bond acceptors (Lipinski definition) is 1. The molecule has 17 heavy (non-hydrogen) atoms. The average molecular weight is 256 g/mol. The number of rotatable bonds is 3. The molecule has 1 aliphatic heterocycles. The van der Waals surface area contributed by atoms with Crippen LogP contribution in [0.2, 0.25) is 0 Å². The smallest absolute Gasteiger partial charge is 0.146 e. The third kappa shape index (κ3) is 2.92. The summed E-state index contributed by atoms with van der Waals surface area (Å²) in [7, 11) is 0. The molecule has 0 spiro atoms. The quantitative estimate of drug-likeness (QED) is 0.732. The number of nitrogens with zero attached hydrogens (tertiary/aromatic N) is 1. The first-order chi connectivity index (χ1) is 8.24. The van der Waals surface area contributed by atoms with Gasteiger partial charge in [0.25, 0.3) is 0 Å². The van der Waals surface area contributed by atoms with Gasteiger partial charge in [0.15, 0.2) is 0 Å². The Hall–Kier alpha value is -0.760. The van der Waals surface area contributed by atoms with Crippen LogP contribution in [0.3, 0.4) is 0 Å². The Balaban J connectivity index is 2.08. The molecule has 0 aromatic heterocycles. The van der Waals surface area contributed by atoms with Gasteiger partial charge in [0, 0.05) is 19.0 Å². The Bertz CT molecular complexity index is 372. The van der Waals surface area contributed by atoms with Crippen molar-refractivity contribution in [1.29, 1.82) is 0 Å². The number of halogens is 2. The summed E-state index contributed by atoms with van der Waals surface area (Å²) in [4.78, 5) is 2.15. The number of benzene rings is 1. The molecular formula is C14H19ClFN. The molecule has 0 bridgehead atoms. The number of hydrogen-bond donors (Lipinski definition) is 0. The van der Waals surface area contributed by atoms with Crippen molar-refractivity contribution < 1.29 is 4.39 Å². The Morgan fingerprint density at radius 1 is 1.35 bits per heavy atom. The van der Waals surface area contributed by atoms with Gasteiger partial charge in [-0.25, -0.2) is 4.39 Å². The van der Waals surface area contributed by atoms with Crippen LogP contribution in [0, 0.1) is 11.7 Å². The Morgan fingerprint density at radius 3 is 2.59 bits per heavy atom. The van der Waals surface area contributed by atoms with E-state index in [1.807, 2.05) is 12.1 Å². The summed E-state index contributed by atoms with van der Waals surface area (Å²) in [5.41, 5.74) is 1.57. The molecule has 1 aromatic rings. The zero-order chi connectivity index (χ0) is 12.3. The summed E-state index contributed by atoms with van der Waals surface area (Å²) in [5, 5.41) is 0. The molecule has 0 N–H and O–H groups in total. The van der Waals surface area contributed by atoms with Crippen LogP contribution in [0.15, 0.2) is 18.2 Å². The zero-order valence-electron chi connectivity index (χ0n) is 10.3. The van der Waals surface area contributed by atoms with E-state index in [1.165, 1.54) is 19.3 Å². The van der Waals surface area contributed by atoms with E-state index in [0.717, 1.165) is 30.3 Å². The first-order valence-corrected chi connectivity index (χ1v) is 6.87. The lowest BCUT2D eigenvalue weighted by atomic mass is 9.94. The van der Waals surface area contributed by atoms with Crippen molar-refractivity contribution in [2.75, 3.05) is 18.0 Å². The van der Waals surface area contributed by atoms with E-state index in [9.17, 15) is 4.39 Å². The monoisotopic (exact) mass is 255 g/mol. The molecule has 3 heteroatoms. The van der Waals surface area contributed by atoms with E-state index in [-0.39, 0.29) is 5.82 Å². The van der Waals surface area contributed by atoms with Crippen LogP contribution in [0.5, 0.6) is 0 Å². The summed E-state index contributed by atoms with van der Waals surface area (Å²) in [6, 6.07) is 5.32. The van der Waals surface area contributed by atoms with Gasteiger partial charge in [0.2, 0.25) is 0 Å². The Morgan fingerprint density at radius 2 is 2.06 bits per heavy atom. The minimum atomic E-state index is -0.141. The highest BCUT2D eigenvalue weighted by molar-refractivity contribution is 6.17. The Labute approximate surface area is 108 Å². The van der Waals surface area contributed by atoms with Crippen molar-refractivity contribution in [2.45, 2.75) is 32.1 Å². The normalized spacial score (nSPS) is 17.5. The number of alkyl halides is 1. The first kappa shape index (κ1) is 12.7. The van der Waals surface area contributed by atoms with Gasteiger partial charge in [-0.05, 0) is 36.5 Å². The fourth-order valence-corrected chi connectivity index (χ4v) is 2.64. The highest BCUT2D eigenvalue weighted by Crippen LogP contribution is 2.27. The summed E-state index contributed by atoms with van der Waals surface area (Å²) in [6.07, 6.45) is 3.59. The fraction of sp³-hybridized carbons (Fsp3) is 0.571. The van der Waals surface area contributed by atoms with Crippen molar-refractivity contribution in [3.8, 4) is 0 Å². The van der Waals surface area contributed by atoms with E-state index in [4.69, 9.17) is 11.6 Å². The maximum atomic E-state index is 13.9. The molecule has 0 unspecified atom stereocenters. The molecule has 1 saturated heterocycles. The van der Waals surface area contributed by atoms with Crippen LogP contribution in [0.25, 0.3) is 0 Å². The molecule has 0 amide bonds. The van der Waals surface area contributed by atoms with Gasteiger partial charge in [0.1, 0.15) is 5.82 Å². The number of anilines is 1. The van der Waals surface area contributed by atoms with Gasteiger partial charge in [-0.1, -0.05) is 19.4 Å². The highest BCUT2D eigenvalue weighted by Gasteiger charge is 2.20. The van der Waals surface area contributed by atoms with Crippen LogP contribution in [-0.4, -0.2) is 13.1 Å². The van der Waals surface area contributed by atoms with Gasteiger partial charge < -0.3 is 4.90 Å². The Kier molecular flexibility index (Phi) is 4.27. The maximum Gasteiger partial charge on any atom is 0.146 e. The molecule has 1 nitrogen and oxygen atoms in total. The van der Waals surface area contributed by atoms with Gasteiger partial charge in [-0.3, -0.25) is 0 Å². The van der Waals surface area contributed by atoms with Gasteiger partial charge in [0.05, 0.1) is 5.69 Å². The standard InChI is InChI=1S/C14H19ClFN/c1-2-11-5-7-17(8-6-11)14-4-3-12(10-15)9-13(14)16/h3-4,9,11H,2,5-8,10H2,1H3. The van der Waals surface area contributed by atoms with E-state index in [0.29, 0.717) is 5.88 Å². The molecule has 0 atom stereocenters. The summed E-state index contributed by atoms with van der Waals surface area (Å²) in [5.74, 6) is 1.05. The van der Waals surface area contributed by atoms with Crippen LogP contribution >= 0.6 is 11.6 Å². The second-order valence-electron chi connectivity index (χ2n) is 4.76. The fourth-order valence-electron chi connectivity index (χ4n) is 2.47. The lowest BCUT2D eigenvalue weighted by Crippen LogP contribution is -2.34. The highest BCUT2D eigenvalue weighted by atomic mass is 35.5. The average Bonchev–Trinajstić information content (AvgIpc) is 2.39. The van der Waals surface area contributed by atoms with E-state index in [2.05, 4.69) is 11.8 Å². The van der Waals surface area contributed by atoms with Crippen LogP contribution < -0.4 is 4.90 Å². The molecule has 0 aliphatic carbocycles. The number of piperidine rings is 1. The molecule has 1 aromatic carbocycles. The maximum absolute atomic E-state index is 13.9. The molecule has 1 aliphatic rings. The van der Waals surface area contributed by atoms with E-state index in [1.54, 1.807) is 6.07 Å². The third-order valence-electron chi connectivity index (χ3n) is 3.70. The van der Waals surface area contributed by atoms with Crippen LogP contribution in [0.1, 0.15) is 31.7 Å². The lowest BCUT2D eigenvalue weighted by molar-refractivity contribution is 0.392. The molecule has 2 rings (SSSR count). The molecular weight excluding hydrogens is 237 g/mol. The molecule has 0 saturated carbocycles. The molecule has 1 fully saturated rings. The summed E-state index contributed by atoms with van der Waals surface area (Å²) >= 11 is 5.69. The SMILES string of the molecule is CCC1CCN(c2ccc(CCl)cc2F)CC1. The minimum Gasteiger partial charge on any atom is -0.369 e. The second kappa shape index (κ2) is 5.72. The molecule has 1 heterocycles. The van der Waals surface area contributed by atoms with Crippen molar-refractivity contribution in [1.82, 2.24) is 0 Å². The minimum absolute atomic E-state index is 0.141. The summed E-state index contributed by atoms with van der Waals surface area (Å²) in [6.45, 7) is 4.17. The van der Waals surface area contributed by atoms with E-state index >= 15 is 0 Å².